The molecule has 0 aromatic carbocycles. The summed E-state index contributed by atoms with van der Waals surface area (Å²) < 4.78 is 5.33. The average molecular weight is 328 g/mol. The van der Waals surface area contributed by atoms with E-state index in [0.29, 0.717) is 12.3 Å². The summed E-state index contributed by atoms with van der Waals surface area (Å²) in [6.45, 7) is 10.4. The van der Waals surface area contributed by atoms with Crippen LogP contribution in [0.25, 0.3) is 0 Å². The molecule has 0 bridgehead atoms. The first-order valence-corrected chi connectivity index (χ1v) is 8.63. The third-order valence-corrected chi connectivity index (χ3v) is 3.93. The van der Waals surface area contributed by atoms with Crippen molar-refractivity contribution in [1.82, 2.24) is 10.2 Å². The van der Waals surface area contributed by atoms with Gasteiger partial charge in [0.1, 0.15) is 5.60 Å². The van der Waals surface area contributed by atoms with Crippen LogP contribution in [0, 0.1) is 5.92 Å². The number of hydrogen-bond acceptors (Lipinski definition) is 4. The number of carboxylic acid groups (broad SMARTS) is 1. The summed E-state index contributed by atoms with van der Waals surface area (Å²) in [7, 11) is 0. The molecule has 1 amide bonds. The third kappa shape index (κ3) is 8.79. The molecular weight excluding hydrogens is 296 g/mol. The lowest BCUT2D eigenvalue weighted by Crippen LogP contribution is -2.51. The molecule has 1 aliphatic rings. The normalized spacial score (nSPS) is 22.6. The monoisotopic (exact) mass is 328 g/mol. The maximum atomic E-state index is 12.0. The van der Waals surface area contributed by atoms with Crippen LogP contribution in [0.15, 0.2) is 0 Å². The van der Waals surface area contributed by atoms with E-state index >= 15 is 0 Å². The Kier molecular flexibility index (Phi) is 7.82. The predicted octanol–water partition coefficient (Wildman–Crippen LogP) is 2.87. The molecule has 23 heavy (non-hydrogen) atoms. The minimum atomic E-state index is -0.757. The van der Waals surface area contributed by atoms with E-state index < -0.39 is 17.7 Å². The smallest absolute Gasteiger partial charge is 0.407 e. The fraction of sp³-hybridized carbons (Fsp3) is 0.882. The van der Waals surface area contributed by atoms with Gasteiger partial charge in [-0.2, -0.15) is 0 Å². The summed E-state index contributed by atoms with van der Waals surface area (Å²) in [4.78, 5) is 25.1. The molecule has 1 fully saturated rings. The van der Waals surface area contributed by atoms with E-state index in [4.69, 9.17) is 9.84 Å². The van der Waals surface area contributed by atoms with Crippen molar-refractivity contribution in [1.29, 1.82) is 0 Å². The molecule has 0 aliphatic carbocycles. The van der Waals surface area contributed by atoms with E-state index in [1.807, 2.05) is 20.8 Å². The first-order valence-electron chi connectivity index (χ1n) is 8.63. The second-order valence-electron chi connectivity index (χ2n) is 7.49. The summed E-state index contributed by atoms with van der Waals surface area (Å²) in [6.07, 6.45) is 3.51. The van der Waals surface area contributed by atoms with Crippen LogP contribution < -0.4 is 5.32 Å². The van der Waals surface area contributed by atoms with Crippen LogP contribution in [0.4, 0.5) is 4.79 Å². The highest BCUT2D eigenvalue weighted by Crippen LogP contribution is 2.22. The van der Waals surface area contributed by atoms with Crippen molar-refractivity contribution in [3.8, 4) is 0 Å². The predicted molar refractivity (Wildman–Crippen MR) is 89.5 cm³/mol. The zero-order chi connectivity index (χ0) is 17.5. The quantitative estimate of drug-likeness (QED) is 0.751. The highest BCUT2D eigenvalue weighted by molar-refractivity contribution is 5.68. The first kappa shape index (κ1) is 19.7. The summed E-state index contributed by atoms with van der Waals surface area (Å²) in [5, 5.41) is 11.8. The topological polar surface area (TPSA) is 78.9 Å². The fourth-order valence-electron chi connectivity index (χ4n) is 2.98. The summed E-state index contributed by atoms with van der Waals surface area (Å²) >= 11 is 0. The Hall–Kier alpha value is -1.30. The molecule has 0 spiro atoms. The molecule has 1 saturated heterocycles. The number of hydrogen-bond donors (Lipinski definition) is 2. The number of aliphatic carboxylic acids is 1. The molecule has 134 valence electrons. The summed E-state index contributed by atoms with van der Waals surface area (Å²) in [6, 6.07) is 0.0225. The molecule has 1 heterocycles. The second-order valence-corrected chi connectivity index (χ2v) is 7.49. The van der Waals surface area contributed by atoms with E-state index in [0.717, 1.165) is 38.9 Å². The van der Waals surface area contributed by atoms with Crippen LogP contribution in [-0.2, 0) is 9.53 Å². The van der Waals surface area contributed by atoms with E-state index in [1.165, 1.54) is 0 Å². The van der Waals surface area contributed by atoms with Crippen LogP contribution >= 0.6 is 0 Å². The maximum Gasteiger partial charge on any atom is 0.407 e. The fourth-order valence-corrected chi connectivity index (χ4v) is 2.98. The zero-order valence-electron chi connectivity index (χ0n) is 14.9. The van der Waals surface area contributed by atoms with Crippen molar-refractivity contribution in [2.45, 2.75) is 71.4 Å². The van der Waals surface area contributed by atoms with Gasteiger partial charge in [0.25, 0.3) is 0 Å². The van der Waals surface area contributed by atoms with Gasteiger partial charge in [0.05, 0.1) is 0 Å². The van der Waals surface area contributed by atoms with Gasteiger partial charge in [0.15, 0.2) is 0 Å². The van der Waals surface area contributed by atoms with Gasteiger partial charge in [0, 0.05) is 25.6 Å². The van der Waals surface area contributed by atoms with Gasteiger partial charge in [-0.1, -0.05) is 13.3 Å². The number of amides is 1. The number of alkyl carbamates (subject to hydrolysis) is 1. The van der Waals surface area contributed by atoms with Gasteiger partial charge in [-0.3, -0.25) is 4.79 Å². The Labute approximate surface area is 139 Å². The Bertz CT molecular complexity index is 393. The molecule has 1 rings (SSSR count). The number of carbonyl (C=O) groups is 2. The lowest BCUT2D eigenvalue weighted by Gasteiger charge is -2.38. The van der Waals surface area contributed by atoms with Crippen molar-refractivity contribution < 1.29 is 19.4 Å². The molecular formula is C17H32N2O4. The Balaban J connectivity index is 2.57. The number of carbonyl (C=O) groups excluding carboxylic acids is 1. The van der Waals surface area contributed by atoms with Gasteiger partial charge < -0.3 is 20.1 Å². The van der Waals surface area contributed by atoms with Crippen molar-refractivity contribution in [3.05, 3.63) is 0 Å². The molecule has 2 unspecified atom stereocenters. The average Bonchev–Trinajstić information content (AvgIpc) is 2.40. The number of nitrogens with one attached hydrogen (secondary N) is 1. The van der Waals surface area contributed by atoms with Crippen molar-refractivity contribution in [3.63, 3.8) is 0 Å². The number of nitrogens with zero attached hydrogens (tertiary/aromatic N) is 1. The first-order chi connectivity index (χ1) is 10.7. The summed E-state index contributed by atoms with van der Waals surface area (Å²) in [5.41, 5.74) is -0.511. The third-order valence-electron chi connectivity index (χ3n) is 3.93. The SMILES string of the molecule is CCCCN1CC(CCC(=O)O)CC(NC(=O)OC(C)(C)C)C1. The van der Waals surface area contributed by atoms with Gasteiger partial charge in [-0.05, 0) is 52.5 Å². The molecule has 0 aromatic heterocycles. The minimum absolute atomic E-state index is 0.0225. The number of carboxylic acids is 1. The van der Waals surface area contributed by atoms with Gasteiger partial charge in [0.2, 0.25) is 0 Å². The van der Waals surface area contributed by atoms with E-state index in [9.17, 15) is 9.59 Å². The molecule has 6 nitrogen and oxygen atoms in total. The van der Waals surface area contributed by atoms with E-state index in [1.54, 1.807) is 0 Å². The number of ether oxygens (including phenoxy) is 1. The zero-order valence-corrected chi connectivity index (χ0v) is 14.9. The molecule has 1 aliphatic heterocycles. The van der Waals surface area contributed by atoms with E-state index in [2.05, 4.69) is 17.1 Å². The standard InChI is InChI=1S/C17H32N2O4/c1-5-6-9-19-11-13(7-8-15(20)21)10-14(12-19)18-16(22)23-17(2,3)4/h13-14H,5-12H2,1-4H3,(H,18,22)(H,20,21). The number of rotatable bonds is 7. The highest BCUT2D eigenvalue weighted by Gasteiger charge is 2.29. The number of unbranched alkanes of at least 4 members (excludes halogenated alkanes) is 1. The highest BCUT2D eigenvalue weighted by atomic mass is 16.6. The number of likely N-dealkylation sites (tertiary alicyclic amines) is 1. The minimum Gasteiger partial charge on any atom is -0.481 e. The lowest BCUT2D eigenvalue weighted by atomic mass is 9.90. The molecule has 0 radical (unpaired) electrons. The van der Waals surface area contributed by atoms with Crippen LogP contribution in [0.5, 0.6) is 0 Å². The van der Waals surface area contributed by atoms with E-state index in [-0.39, 0.29) is 12.5 Å². The van der Waals surface area contributed by atoms with Gasteiger partial charge in [-0.15, -0.1) is 0 Å². The Morgan fingerprint density at radius 1 is 1.30 bits per heavy atom. The molecule has 2 atom stereocenters. The maximum absolute atomic E-state index is 12.0. The van der Waals surface area contributed by atoms with Crippen molar-refractivity contribution in [2.75, 3.05) is 19.6 Å². The van der Waals surface area contributed by atoms with Gasteiger partial charge in [-0.25, -0.2) is 4.79 Å². The second kappa shape index (κ2) is 9.11. The van der Waals surface area contributed by atoms with Gasteiger partial charge >= 0.3 is 12.1 Å². The number of piperidine rings is 1. The molecule has 0 aromatic rings. The van der Waals surface area contributed by atoms with Crippen LogP contribution in [0.1, 0.15) is 59.8 Å². The summed E-state index contributed by atoms with van der Waals surface area (Å²) in [5.74, 6) is -0.455. The molecule has 6 heteroatoms. The van der Waals surface area contributed by atoms with Crippen LogP contribution in [0.3, 0.4) is 0 Å². The largest absolute Gasteiger partial charge is 0.481 e. The molecule has 2 N–H and O–H groups in total. The van der Waals surface area contributed by atoms with Crippen molar-refractivity contribution in [2.24, 2.45) is 5.92 Å². The van der Waals surface area contributed by atoms with Crippen molar-refractivity contribution >= 4 is 12.1 Å². The molecule has 0 saturated carbocycles. The van der Waals surface area contributed by atoms with Crippen LogP contribution in [0.2, 0.25) is 0 Å². The van der Waals surface area contributed by atoms with Crippen LogP contribution in [-0.4, -0.2) is 53.3 Å². The Morgan fingerprint density at radius 2 is 2.00 bits per heavy atom. The Morgan fingerprint density at radius 3 is 2.57 bits per heavy atom. The lowest BCUT2D eigenvalue weighted by molar-refractivity contribution is -0.137.